The van der Waals surface area contributed by atoms with Gasteiger partial charge in [-0.05, 0) is 60.4 Å². The second-order valence-corrected chi connectivity index (χ2v) is 9.26. The second kappa shape index (κ2) is 76.2. The zero-order valence-corrected chi connectivity index (χ0v) is 44.0. The molecule has 422 valence electrons. The van der Waals surface area contributed by atoms with Gasteiger partial charge in [-0.3, -0.25) is 9.97 Å². The summed E-state index contributed by atoms with van der Waals surface area (Å²) in [6, 6.07) is 37.0. The van der Waals surface area contributed by atoms with E-state index in [0.717, 1.165) is 22.8 Å². The Labute approximate surface area is 454 Å². The van der Waals surface area contributed by atoms with E-state index in [1.165, 1.54) is 55.4 Å². The Morgan fingerprint density at radius 1 is 0.303 bits per heavy atom. The first kappa shape index (κ1) is 109. The first-order chi connectivity index (χ1) is 32.2. The molecular formula is C38H46B4F16N12O4Ru2. The van der Waals surface area contributed by atoms with Crippen molar-refractivity contribution in [1.82, 2.24) is 19.9 Å². The predicted octanol–water partition coefficient (Wildman–Crippen LogP) is 10.1. The van der Waals surface area contributed by atoms with Crippen LogP contribution in [0.1, 0.15) is 66.8 Å². The van der Waals surface area contributed by atoms with Crippen molar-refractivity contribution < 1.29 is 130 Å². The molecule has 0 amide bonds. The van der Waals surface area contributed by atoms with Crippen LogP contribution in [0.2, 0.25) is 0 Å². The van der Waals surface area contributed by atoms with Crippen LogP contribution in [0, 0.1) is 102 Å². The van der Waals surface area contributed by atoms with Crippen LogP contribution in [0.25, 0.3) is 22.8 Å². The molecule has 4 aromatic heterocycles. The largest absolute Gasteiger partial charge is 2.00 e. The summed E-state index contributed by atoms with van der Waals surface area (Å²) in [6.07, 6.45) is 3.50. The molecule has 4 aromatic rings. The fourth-order valence-corrected chi connectivity index (χ4v) is 2.45. The van der Waals surface area contributed by atoms with Crippen molar-refractivity contribution in [2.24, 2.45) is 0 Å². The molecule has 16 nitrogen and oxygen atoms in total. The molecule has 0 aliphatic carbocycles. The monoisotopic (exact) mass is 1290 g/mol. The Balaban J connectivity index is -0.0000000481. The standard InChI is InChI=1S/C22H14N4.8C2H3N.4BF4.4H2O.2Ru/c1-3-15-23-19(9-1)21-11-5-7-17(25-21)13-14-18-8-6-12-22(26-18)20-10-2-4-16-24-20;8*1-2-3;4*2-1(3,4)5;;;;;;/h1-12,15-16H;8*1H3;;;;;4*1H2;;/q;;;;;;;;;4*-1;;;;;2*+2. The van der Waals surface area contributed by atoms with Crippen molar-refractivity contribution in [3.63, 3.8) is 0 Å². The first-order valence-electron chi connectivity index (χ1n) is 17.5. The van der Waals surface area contributed by atoms with Crippen molar-refractivity contribution in [3.05, 3.63) is 96.6 Å². The third-order valence-corrected chi connectivity index (χ3v) is 3.67. The third-order valence-electron chi connectivity index (χ3n) is 3.67. The average Bonchev–Trinajstić information content (AvgIpc) is 3.21. The number of hydrogen-bond acceptors (Lipinski definition) is 12. The Morgan fingerprint density at radius 2 is 0.461 bits per heavy atom. The number of rotatable bonds is 2. The molecule has 8 N–H and O–H groups in total. The molecule has 0 saturated heterocycles. The Morgan fingerprint density at radius 3 is 0.605 bits per heavy atom. The Bertz CT molecular complexity index is 2010. The van der Waals surface area contributed by atoms with Gasteiger partial charge in [0.25, 0.3) is 0 Å². The number of pyridine rings is 4. The molecule has 4 rings (SSSR count). The Hall–Kier alpha value is -7.69. The minimum atomic E-state index is -6.00. The van der Waals surface area contributed by atoms with Gasteiger partial charge < -0.3 is 91.0 Å². The van der Waals surface area contributed by atoms with Gasteiger partial charge in [0.15, 0.2) is 0 Å². The van der Waals surface area contributed by atoms with E-state index in [1.54, 1.807) is 60.9 Å². The summed E-state index contributed by atoms with van der Waals surface area (Å²) in [6.45, 7) is 11.4. The van der Waals surface area contributed by atoms with Crippen LogP contribution in [0.4, 0.5) is 69.1 Å². The topological polar surface area (TPSA) is 368 Å². The molecule has 0 radical (unpaired) electrons. The molecule has 4 heterocycles. The molecule has 0 aliphatic heterocycles. The minimum absolute atomic E-state index is 0. The van der Waals surface area contributed by atoms with Gasteiger partial charge in [-0.2, -0.15) is 42.1 Å². The van der Waals surface area contributed by atoms with Crippen molar-refractivity contribution in [2.75, 3.05) is 0 Å². The van der Waals surface area contributed by atoms with Crippen molar-refractivity contribution >= 4 is 29.0 Å². The van der Waals surface area contributed by atoms with E-state index in [0.29, 0.717) is 11.4 Å². The third kappa shape index (κ3) is 166. The van der Waals surface area contributed by atoms with Crippen LogP contribution in [0.5, 0.6) is 0 Å². The van der Waals surface area contributed by atoms with E-state index < -0.39 is 29.0 Å². The second-order valence-electron chi connectivity index (χ2n) is 9.26. The zero-order valence-electron chi connectivity index (χ0n) is 40.5. The SMILES string of the molecule is C(#Cc1cccc(-c2ccccn2)n1)c1cccc(-c2ccccn2)n1.CC#N.CC#N.CC#N.CC#N.CC#N.CC#N.CC#N.CC#N.F[B-](F)(F)F.F[B-](F)(F)F.F[B-](F)(F)F.F[B-](F)(F)F.O.O.O.O.[Ru+2].[Ru+2]. The normalized spacial score (nSPS) is 7.42. The van der Waals surface area contributed by atoms with Crippen LogP contribution in [-0.4, -0.2) is 70.9 Å². The van der Waals surface area contributed by atoms with E-state index in [-0.39, 0.29) is 60.9 Å². The van der Waals surface area contributed by atoms with Crippen LogP contribution in [0.15, 0.2) is 85.2 Å². The van der Waals surface area contributed by atoms with Crippen LogP contribution in [0.3, 0.4) is 0 Å². The summed E-state index contributed by atoms with van der Waals surface area (Å²) in [4.78, 5) is 17.8. The summed E-state index contributed by atoms with van der Waals surface area (Å²) in [5, 5.41) is 58.6. The average molecular weight is 1280 g/mol. The number of aromatic nitrogens is 4. The summed E-state index contributed by atoms with van der Waals surface area (Å²) in [5.41, 5.74) is 4.61. The molecule has 38 heteroatoms. The molecule has 0 unspecified atom stereocenters. The summed E-state index contributed by atoms with van der Waals surface area (Å²) in [5.74, 6) is 6.16. The fraction of sp³-hybridized carbons (Fsp3) is 0.211. The number of nitriles is 8. The number of nitrogens with zero attached hydrogens (tertiary/aromatic N) is 12. The van der Waals surface area contributed by atoms with Gasteiger partial charge >= 0.3 is 68.0 Å². The predicted molar refractivity (Wildman–Crippen MR) is 246 cm³/mol. The van der Waals surface area contributed by atoms with Gasteiger partial charge in [-0.1, -0.05) is 24.3 Å². The quantitative estimate of drug-likeness (QED) is 0.103. The fourth-order valence-electron chi connectivity index (χ4n) is 2.45. The van der Waals surface area contributed by atoms with Crippen LogP contribution >= 0.6 is 0 Å². The zero-order chi connectivity index (χ0) is 57.3. The van der Waals surface area contributed by atoms with E-state index >= 15 is 0 Å². The molecule has 0 spiro atoms. The number of halogens is 16. The van der Waals surface area contributed by atoms with E-state index in [2.05, 4.69) is 31.8 Å². The van der Waals surface area contributed by atoms with Crippen molar-refractivity contribution in [2.45, 2.75) is 55.4 Å². The molecule has 0 aromatic carbocycles. The van der Waals surface area contributed by atoms with Gasteiger partial charge in [0, 0.05) is 67.8 Å². The van der Waals surface area contributed by atoms with Gasteiger partial charge in [-0.15, -0.1) is 0 Å². The van der Waals surface area contributed by atoms with Gasteiger partial charge in [0.2, 0.25) is 0 Å². The smallest absolute Gasteiger partial charge is 0.418 e. The molecule has 0 bridgehead atoms. The Kier molecular flexibility index (Phi) is 109. The van der Waals surface area contributed by atoms with E-state index in [9.17, 15) is 69.1 Å². The summed E-state index contributed by atoms with van der Waals surface area (Å²) < 4.78 is 156. The van der Waals surface area contributed by atoms with Crippen molar-refractivity contribution in [3.8, 4) is 83.2 Å². The molecule has 0 saturated carbocycles. The molecular weight excluding hydrogens is 1240 g/mol. The van der Waals surface area contributed by atoms with Gasteiger partial charge in [0.05, 0.1) is 71.3 Å². The maximum atomic E-state index is 9.75. The molecule has 76 heavy (non-hydrogen) atoms. The first-order valence-corrected chi connectivity index (χ1v) is 17.5. The molecule has 0 fully saturated rings. The molecule has 0 aliphatic rings. The maximum Gasteiger partial charge on any atom is 2.00 e. The molecule has 0 atom stereocenters. The van der Waals surface area contributed by atoms with Crippen LogP contribution in [-0.2, 0) is 39.0 Å². The van der Waals surface area contributed by atoms with Gasteiger partial charge in [-0.25, -0.2) is 9.97 Å². The van der Waals surface area contributed by atoms with E-state index in [1.807, 2.05) is 72.8 Å². The van der Waals surface area contributed by atoms with Gasteiger partial charge in [0.1, 0.15) is 11.4 Å². The van der Waals surface area contributed by atoms with E-state index in [4.69, 9.17) is 42.1 Å². The summed E-state index contributed by atoms with van der Waals surface area (Å²) >= 11 is 0. The summed E-state index contributed by atoms with van der Waals surface area (Å²) in [7, 11) is -24.0. The maximum absolute atomic E-state index is 9.75. The van der Waals surface area contributed by atoms with Crippen molar-refractivity contribution in [1.29, 1.82) is 42.1 Å². The number of hydrogen-bond donors (Lipinski definition) is 0. The minimum Gasteiger partial charge on any atom is -0.418 e. The van der Waals surface area contributed by atoms with Crippen LogP contribution < -0.4 is 0 Å².